The second-order valence-electron chi connectivity index (χ2n) is 6.08. The number of carbonyl (C=O) groups excluding carboxylic acids is 1. The largest absolute Gasteiger partial charge is 0.334 e. The summed E-state index contributed by atoms with van der Waals surface area (Å²) in [5.74, 6) is 5.56. The molecule has 9 heteroatoms. The van der Waals surface area contributed by atoms with Gasteiger partial charge in [0, 0.05) is 6.42 Å². The van der Waals surface area contributed by atoms with Crippen LogP contribution in [0, 0.1) is 6.92 Å². The highest BCUT2D eigenvalue weighted by Crippen LogP contribution is 2.21. The Labute approximate surface area is 170 Å². The average Bonchev–Trinajstić information content (AvgIpc) is 2.68. The minimum Gasteiger partial charge on any atom is -0.334 e. The minimum atomic E-state index is -0.440. The first-order chi connectivity index (χ1) is 13.4. The van der Waals surface area contributed by atoms with Crippen LogP contribution in [0.4, 0.5) is 5.69 Å². The molecule has 3 N–H and O–H groups in total. The second-order valence-corrected chi connectivity index (χ2v) is 7.43. The maximum atomic E-state index is 12.4. The van der Waals surface area contributed by atoms with Gasteiger partial charge >= 0.3 is 0 Å². The van der Waals surface area contributed by atoms with E-state index in [1.165, 1.54) is 0 Å². The van der Waals surface area contributed by atoms with E-state index < -0.39 is 5.56 Å². The highest BCUT2D eigenvalue weighted by atomic mass is 35.5. The average molecular weight is 416 g/mol. The van der Waals surface area contributed by atoms with Crippen LogP contribution in [-0.2, 0) is 11.2 Å². The molecule has 0 aliphatic carbocycles. The molecule has 0 saturated heterocycles. The summed E-state index contributed by atoms with van der Waals surface area (Å²) < 4.78 is 0.921. The minimum absolute atomic E-state index is 0.00779. The Kier molecular flexibility index (Phi) is 6.33. The van der Waals surface area contributed by atoms with Crippen molar-refractivity contribution in [2.45, 2.75) is 18.5 Å². The lowest BCUT2D eigenvalue weighted by Crippen LogP contribution is -2.34. The Hall–Kier alpha value is -2.84. The number of nitrogen functional groups attached to an aromatic ring is 1. The van der Waals surface area contributed by atoms with Gasteiger partial charge in [-0.25, -0.2) is 0 Å². The van der Waals surface area contributed by atoms with Gasteiger partial charge < -0.3 is 11.2 Å². The first-order valence-corrected chi connectivity index (χ1v) is 9.77. The standard InChI is InChI=1S/C19H18ClN5O2S/c1-12-6-8-13(9-7-12)10-16-18(27)25(21)19(24-23-16)28-11-17(26)22-15-5-3-2-4-14(15)20/h2-9H,10-11,21H2,1H3,(H,22,26). The lowest BCUT2D eigenvalue weighted by molar-refractivity contribution is -0.113. The molecule has 7 nitrogen and oxygen atoms in total. The molecule has 0 spiro atoms. The van der Waals surface area contributed by atoms with Crippen LogP contribution in [-0.4, -0.2) is 26.5 Å². The number of rotatable bonds is 6. The molecule has 0 bridgehead atoms. The number of aromatic nitrogens is 3. The summed E-state index contributed by atoms with van der Waals surface area (Å²) in [6.45, 7) is 1.99. The number of hydrogen-bond acceptors (Lipinski definition) is 6. The van der Waals surface area contributed by atoms with Crippen LogP contribution in [0.5, 0.6) is 0 Å². The van der Waals surface area contributed by atoms with Crippen molar-refractivity contribution < 1.29 is 4.79 Å². The van der Waals surface area contributed by atoms with Gasteiger partial charge in [0.25, 0.3) is 5.56 Å². The molecule has 0 aliphatic heterocycles. The smallest absolute Gasteiger partial charge is 0.294 e. The molecule has 28 heavy (non-hydrogen) atoms. The molecule has 3 aromatic rings. The van der Waals surface area contributed by atoms with Crippen LogP contribution >= 0.6 is 23.4 Å². The van der Waals surface area contributed by atoms with Crippen LogP contribution < -0.4 is 16.7 Å². The highest BCUT2D eigenvalue weighted by molar-refractivity contribution is 7.99. The van der Waals surface area contributed by atoms with E-state index in [2.05, 4.69) is 15.5 Å². The lowest BCUT2D eigenvalue weighted by Gasteiger charge is -2.09. The van der Waals surface area contributed by atoms with Gasteiger partial charge in [0.2, 0.25) is 11.1 Å². The predicted molar refractivity (Wildman–Crippen MR) is 111 cm³/mol. The number of nitrogens with zero attached hydrogens (tertiary/aromatic N) is 3. The van der Waals surface area contributed by atoms with Crippen molar-refractivity contribution in [3.05, 3.63) is 80.7 Å². The number of nitrogens with one attached hydrogen (secondary N) is 1. The number of para-hydroxylation sites is 1. The van der Waals surface area contributed by atoms with Gasteiger partial charge in [-0.1, -0.05) is 65.3 Å². The molecule has 3 rings (SSSR count). The summed E-state index contributed by atoms with van der Waals surface area (Å²) in [7, 11) is 0. The summed E-state index contributed by atoms with van der Waals surface area (Å²) in [6, 6.07) is 14.7. The van der Waals surface area contributed by atoms with Crippen LogP contribution in [0.2, 0.25) is 5.02 Å². The number of hydrogen-bond donors (Lipinski definition) is 2. The zero-order chi connectivity index (χ0) is 20.1. The molecular formula is C19H18ClN5O2S. The molecule has 0 atom stereocenters. The topological polar surface area (TPSA) is 103 Å². The van der Waals surface area contributed by atoms with Gasteiger partial charge in [-0.05, 0) is 24.6 Å². The third-order valence-corrected chi connectivity index (χ3v) is 5.17. The van der Waals surface area contributed by atoms with E-state index in [9.17, 15) is 9.59 Å². The number of carbonyl (C=O) groups is 1. The number of halogens is 1. The molecular weight excluding hydrogens is 398 g/mol. The van der Waals surface area contributed by atoms with Crippen molar-refractivity contribution in [3.8, 4) is 0 Å². The van der Waals surface area contributed by atoms with Crippen molar-refractivity contribution in [1.29, 1.82) is 0 Å². The first-order valence-electron chi connectivity index (χ1n) is 8.40. The van der Waals surface area contributed by atoms with Crippen molar-refractivity contribution in [1.82, 2.24) is 14.9 Å². The number of thioether (sulfide) groups is 1. The Morgan fingerprint density at radius 3 is 2.61 bits per heavy atom. The molecule has 0 unspecified atom stereocenters. The zero-order valence-corrected chi connectivity index (χ0v) is 16.6. The van der Waals surface area contributed by atoms with Crippen LogP contribution in [0.3, 0.4) is 0 Å². The van der Waals surface area contributed by atoms with Gasteiger partial charge in [-0.3, -0.25) is 9.59 Å². The third kappa shape index (κ3) is 4.90. The Bertz CT molecular complexity index is 1050. The first kappa shape index (κ1) is 19.9. The SMILES string of the molecule is Cc1ccc(Cc2nnc(SCC(=O)Nc3ccccc3Cl)n(N)c2=O)cc1. The van der Waals surface area contributed by atoms with Gasteiger partial charge in [-0.15, -0.1) is 10.2 Å². The predicted octanol–water partition coefficient (Wildman–Crippen LogP) is 2.64. The number of benzene rings is 2. The van der Waals surface area contributed by atoms with E-state index in [1.807, 2.05) is 31.2 Å². The summed E-state index contributed by atoms with van der Waals surface area (Å²) in [5, 5.41) is 11.3. The lowest BCUT2D eigenvalue weighted by atomic mass is 10.1. The Morgan fingerprint density at radius 2 is 1.89 bits per heavy atom. The second kappa shape index (κ2) is 8.90. The molecule has 144 valence electrons. The number of anilines is 1. The van der Waals surface area contributed by atoms with Crippen molar-refractivity contribution >= 4 is 35.0 Å². The fourth-order valence-corrected chi connectivity index (χ4v) is 3.24. The van der Waals surface area contributed by atoms with E-state index in [-0.39, 0.29) is 22.5 Å². The van der Waals surface area contributed by atoms with E-state index in [1.54, 1.807) is 24.3 Å². The monoisotopic (exact) mass is 415 g/mol. The zero-order valence-electron chi connectivity index (χ0n) is 15.1. The molecule has 0 aliphatic rings. The Balaban J connectivity index is 1.65. The van der Waals surface area contributed by atoms with Crippen molar-refractivity contribution in [3.63, 3.8) is 0 Å². The fraction of sp³-hybridized carbons (Fsp3) is 0.158. The van der Waals surface area contributed by atoms with E-state index in [0.717, 1.165) is 27.6 Å². The van der Waals surface area contributed by atoms with Crippen LogP contribution in [0.15, 0.2) is 58.5 Å². The van der Waals surface area contributed by atoms with Crippen molar-refractivity contribution in [2.75, 3.05) is 16.9 Å². The maximum Gasteiger partial charge on any atom is 0.294 e. The maximum absolute atomic E-state index is 12.4. The van der Waals surface area contributed by atoms with Gasteiger partial charge in [-0.2, -0.15) is 4.68 Å². The van der Waals surface area contributed by atoms with Gasteiger partial charge in [0.1, 0.15) is 5.69 Å². The molecule has 0 saturated carbocycles. The molecule has 0 radical (unpaired) electrons. The quantitative estimate of drug-likeness (QED) is 0.474. The van der Waals surface area contributed by atoms with Crippen LogP contribution in [0.1, 0.15) is 16.8 Å². The van der Waals surface area contributed by atoms with E-state index >= 15 is 0 Å². The fourth-order valence-electron chi connectivity index (χ4n) is 2.41. The number of aryl methyl sites for hydroxylation is 1. The van der Waals surface area contributed by atoms with Crippen LogP contribution in [0.25, 0.3) is 0 Å². The van der Waals surface area contributed by atoms with E-state index in [4.69, 9.17) is 17.4 Å². The molecule has 1 aromatic heterocycles. The molecule has 0 fully saturated rings. The van der Waals surface area contributed by atoms with Crippen molar-refractivity contribution in [2.24, 2.45) is 0 Å². The number of nitrogens with two attached hydrogens (primary N) is 1. The van der Waals surface area contributed by atoms with Gasteiger partial charge in [0.05, 0.1) is 16.5 Å². The Morgan fingerprint density at radius 1 is 1.18 bits per heavy atom. The summed E-state index contributed by atoms with van der Waals surface area (Å²) in [4.78, 5) is 24.5. The molecule has 1 amide bonds. The summed E-state index contributed by atoms with van der Waals surface area (Å²) in [6.07, 6.45) is 0.335. The summed E-state index contributed by atoms with van der Waals surface area (Å²) >= 11 is 7.04. The molecule has 2 aromatic carbocycles. The molecule has 1 heterocycles. The van der Waals surface area contributed by atoms with E-state index in [0.29, 0.717) is 17.1 Å². The highest BCUT2D eigenvalue weighted by Gasteiger charge is 2.13. The number of amides is 1. The van der Waals surface area contributed by atoms with Gasteiger partial charge in [0.15, 0.2) is 0 Å². The summed E-state index contributed by atoms with van der Waals surface area (Å²) in [5.41, 5.74) is 2.39. The third-order valence-electron chi connectivity index (χ3n) is 3.90. The normalized spacial score (nSPS) is 10.6.